The lowest BCUT2D eigenvalue weighted by molar-refractivity contribution is 0.281. The monoisotopic (exact) mass is 502 g/mol. The number of benzene rings is 3. The van der Waals surface area contributed by atoms with Crippen molar-refractivity contribution in [3.05, 3.63) is 96.3 Å². The van der Waals surface area contributed by atoms with Crippen molar-refractivity contribution in [2.24, 2.45) is 0 Å². The smallest absolute Gasteiger partial charge is 0.164 e. The van der Waals surface area contributed by atoms with E-state index in [1.807, 2.05) is 48.5 Å². The topological polar surface area (TPSA) is 52.4 Å². The van der Waals surface area contributed by atoms with Gasteiger partial charge in [-0.2, -0.15) is 11.8 Å². The number of ether oxygens (including phenoxy) is 2. The Morgan fingerprint density at radius 1 is 0.778 bits per heavy atom. The van der Waals surface area contributed by atoms with E-state index in [0.717, 1.165) is 59.7 Å². The molecule has 3 aromatic carbocycles. The zero-order chi connectivity index (χ0) is 25.0. The van der Waals surface area contributed by atoms with Gasteiger partial charge in [0.25, 0.3) is 0 Å². The van der Waals surface area contributed by atoms with Crippen LogP contribution in [0.1, 0.15) is 17.8 Å². The quantitative estimate of drug-likeness (QED) is 0.208. The summed E-state index contributed by atoms with van der Waals surface area (Å²) >= 11 is 1.80. The average Bonchev–Trinajstić information content (AvgIpc) is 3.30. The van der Waals surface area contributed by atoms with Crippen LogP contribution in [0.2, 0.25) is 0 Å². The normalized spacial score (nSPS) is 11.1. The van der Waals surface area contributed by atoms with Crippen LogP contribution in [0.15, 0.2) is 84.9 Å². The minimum absolute atomic E-state index is 0.657. The number of hydrogen-bond donors (Lipinski definition) is 0. The minimum Gasteiger partial charge on any atom is -0.494 e. The summed E-state index contributed by atoms with van der Waals surface area (Å²) in [7, 11) is 4.15. The van der Waals surface area contributed by atoms with Crippen LogP contribution in [0.25, 0.3) is 11.4 Å². The highest BCUT2D eigenvalue weighted by atomic mass is 32.2. The predicted octanol–water partition coefficient (Wildman–Crippen LogP) is 5.64. The van der Waals surface area contributed by atoms with Gasteiger partial charge in [-0.25, -0.2) is 0 Å². The molecule has 36 heavy (non-hydrogen) atoms. The van der Waals surface area contributed by atoms with E-state index in [-0.39, 0.29) is 0 Å². The summed E-state index contributed by atoms with van der Waals surface area (Å²) in [6, 6.07) is 28.5. The molecular weight excluding hydrogens is 468 g/mol. The first-order valence-corrected chi connectivity index (χ1v) is 13.4. The molecule has 188 valence electrons. The van der Waals surface area contributed by atoms with E-state index in [0.29, 0.717) is 13.2 Å². The van der Waals surface area contributed by atoms with Crippen LogP contribution in [0.4, 0.5) is 0 Å². The van der Waals surface area contributed by atoms with E-state index in [1.165, 1.54) is 5.56 Å². The van der Waals surface area contributed by atoms with Gasteiger partial charge in [0.05, 0.1) is 25.5 Å². The van der Waals surface area contributed by atoms with Crippen molar-refractivity contribution in [3.8, 4) is 22.9 Å². The molecule has 0 saturated carbocycles. The van der Waals surface area contributed by atoms with E-state index in [4.69, 9.17) is 9.47 Å². The Morgan fingerprint density at radius 3 is 2.17 bits per heavy atom. The molecule has 0 N–H and O–H groups in total. The zero-order valence-electron chi connectivity index (χ0n) is 21.0. The van der Waals surface area contributed by atoms with Gasteiger partial charge in [0.2, 0.25) is 0 Å². The summed E-state index contributed by atoms with van der Waals surface area (Å²) in [5, 5.41) is 9.14. The Hall–Kier alpha value is -3.29. The van der Waals surface area contributed by atoms with Crippen LogP contribution < -0.4 is 9.47 Å². The third-order valence-corrected chi connectivity index (χ3v) is 6.53. The molecular formula is C29H34N4O2S. The molecule has 0 atom stereocenters. The first kappa shape index (κ1) is 25.8. The Morgan fingerprint density at radius 2 is 1.44 bits per heavy atom. The fraction of sp³-hybridized carbons (Fsp3) is 0.310. The molecule has 1 aromatic heterocycles. The Balaban J connectivity index is 1.40. The lowest BCUT2D eigenvalue weighted by Gasteiger charge is -2.12. The highest BCUT2D eigenvalue weighted by Crippen LogP contribution is 2.24. The number of hydrogen-bond acceptors (Lipinski definition) is 6. The van der Waals surface area contributed by atoms with Gasteiger partial charge in [-0.1, -0.05) is 48.5 Å². The molecule has 0 amide bonds. The molecule has 4 aromatic rings. The maximum Gasteiger partial charge on any atom is 0.164 e. The molecule has 0 aliphatic rings. The second-order valence-electron chi connectivity index (χ2n) is 8.76. The van der Waals surface area contributed by atoms with Gasteiger partial charge in [-0.3, -0.25) is 0 Å². The first-order chi connectivity index (χ1) is 17.7. The van der Waals surface area contributed by atoms with Gasteiger partial charge in [0.15, 0.2) is 5.82 Å². The van der Waals surface area contributed by atoms with Gasteiger partial charge >= 0.3 is 0 Å². The predicted molar refractivity (Wildman–Crippen MR) is 148 cm³/mol. The molecule has 6 nitrogen and oxygen atoms in total. The largest absolute Gasteiger partial charge is 0.494 e. The summed E-state index contributed by atoms with van der Waals surface area (Å²) in [6.07, 6.45) is 0.998. The number of rotatable bonds is 14. The van der Waals surface area contributed by atoms with Crippen molar-refractivity contribution in [1.29, 1.82) is 0 Å². The van der Waals surface area contributed by atoms with E-state index in [9.17, 15) is 0 Å². The first-order valence-electron chi connectivity index (χ1n) is 12.3. The number of thioether (sulfide) groups is 1. The standard InChI is InChI=1S/C29H34N4O2S/c1-32(2)18-9-19-34-27-16-14-25(15-17-27)29-31-30-28(33(29)22-24-10-5-3-6-11-24)23-36-21-20-35-26-12-7-4-8-13-26/h3-8,10-17H,9,18-23H2,1-2H3. The highest BCUT2D eigenvalue weighted by molar-refractivity contribution is 7.98. The minimum atomic E-state index is 0.657. The molecule has 0 aliphatic carbocycles. The Labute approximate surface area is 218 Å². The van der Waals surface area contributed by atoms with Gasteiger partial charge in [0, 0.05) is 17.9 Å². The maximum atomic E-state index is 5.90. The Bertz CT molecular complexity index is 1170. The summed E-state index contributed by atoms with van der Waals surface area (Å²) < 4.78 is 13.9. The Kier molecular flexibility index (Phi) is 9.82. The van der Waals surface area contributed by atoms with Crippen LogP contribution in [0.3, 0.4) is 0 Å². The number of nitrogens with zero attached hydrogens (tertiary/aromatic N) is 4. The second kappa shape index (κ2) is 13.7. The molecule has 4 rings (SSSR count). The van der Waals surface area contributed by atoms with E-state index >= 15 is 0 Å². The number of para-hydroxylation sites is 1. The van der Waals surface area contributed by atoms with Crippen LogP contribution in [-0.2, 0) is 12.3 Å². The summed E-state index contributed by atoms with van der Waals surface area (Å²) in [4.78, 5) is 2.16. The fourth-order valence-electron chi connectivity index (χ4n) is 3.76. The molecule has 0 unspecified atom stereocenters. The molecule has 0 radical (unpaired) electrons. The van der Waals surface area contributed by atoms with Gasteiger partial charge in [0.1, 0.15) is 17.3 Å². The van der Waals surface area contributed by atoms with Crippen molar-refractivity contribution < 1.29 is 9.47 Å². The van der Waals surface area contributed by atoms with Gasteiger partial charge < -0.3 is 18.9 Å². The zero-order valence-corrected chi connectivity index (χ0v) is 21.9. The summed E-state index contributed by atoms with van der Waals surface area (Å²) in [6.45, 7) is 3.10. The number of aromatic nitrogens is 3. The molecule has 0 aliphatic heterocycles. The second-order valence-corrected chi connectivity index (χ2v) is 9.86. The van der Waals surface area contributed by atoms with Crippen molar-refractivity contribution in [1.82, 2.24) is 19.7 Å². The summed E-state index contributed by atoms with van der Waals surface area (Å²) in [5.74, 6) is 5.25. The fourth-order valence-corrected chi connectivity index (χ4v) is 4.50. The van der Waals surface area contributed by atoms with Crippen LogP contribution >= 0.6 is 11.8 Å². The van der Waals surface area contributed by atoms with Gasteiger partial charge in [-0.15, -0.1) is 10.2 Å². The molecule has 0 spiro atoms. The third-order valence-electron chi connectivity index (χ3n) is 5.61. The molecule has 0 saturated heterocycles. The molecule has 1 heterocycles. The van der Waals surface area contributed by atoms with Gasteiger partial charge in [-0.05, 0) is 62.5 Å². The van der Waals surface area contributed by atoms with Crippen molar-refractivity contribution >= 4 is 11.8 Å². The lowest BCUT2D eigenvalue weighted by atomic mass is 10.2. The van der Waals surface area contributed by atoms with E-state index in [1.54, 1.807) is 11.8 Å². The van der Waals surface area contributed by atoms with E-state index < -0.39 is 0 Å². The van der Waals surface area contributed by atoms with Crippen molar-refractivity contribution in [2.45, 2.75) is 18.7 Å². The highest BCUT2D eigenvalue weighted by Gasteiger charge is 2.15. The third kappa shape index (κ3) is 7.86. The van der Waals surface area contributed by atoms with Crippen LogP contribution in [-0.4, -0.2) is 59.3 Å². The van der Waals surface area contributed by atoms with Crippen molar-refractivity contribution in [2.75, 3.05) is 39.6 Å². The maximum absolute atomic E-state index is 5.90. The molecule has 0 fully saturated rings. The molecule has 7 heteroatoms. The van der Waals surface area contributed by atoms with Crippen LogP contribution in [0.5, 0.6) is 11.5 Å². The van der Waals surface area contributed by atoms with Crippen molar-refractivity contribution in [3.63, 3.8) is 0 Å². The lowest BCUT2D eigenvalue weighted by Crippen LogP contribution is -2.15. The van der Waals surface area contributed by atoms with Crippen LogP contribution in [0, 0.1) is 0 Å². The summed E-state index contributed by atoms with van der Waals surface area (Å²) in [5.41, 5.74) is 2.25. The van der Waals surface area contributed by atoms with E-state index in [2.05, 4.69) is 70.2 Å². The molecule has 0 bridgehead atoms. The average molecular weight is 503 g/mol. The SMILES string of the molecule is CN(C)CCCOc1ccc(-c2nnc(CSCCOc3ccccc3)n2Cc2ccccc2)cc1.